The zero-order chi connectivity index (χ0) is 25.0. The first kappa shape index (κ1) is 23.6. The van der Waals surface area contributed by atoms with Gasteiger partial charge in [0, 0.05) is 50.7 Å². The number of benzene rings is 2. The standard InChI is InChI=1S/C28H32N2O6/c1-16-9-19-10-18(3-4-22(19)28(33)36-16)25(31)12-29-7-8-30-13-26(34-14-20(30)11-29)21-5-6-23-24(17(21)2)15-35-27(23)32/h3-6,10,16,20,25-26,31H,7-9,11-15H2,1-2H3/t16-,20+,25?,26+/m1/s1. The molecule has 1 unspecified atom stereocenters. The largest absolute Gasteiger partial charge is 0.459 e. The average molecular weight is 493 g/mol. The number of nitrogens with zero attached hydrogens (tertiary/aromatic N) is 2. The molecule has 4 aliphatic rings. The van der Waals surface area contributed by atoms with Gasteiger partial charge < -0.3 is 19.3 Å². The number of aliphatic hydroxyl groups excluding tert-OH is 1. The highest BCUT2D eigenvalue weighted by atomic mass is 16.5. The third-order valence-electron chi connectivity index (χ3n) is 8.11. The van der Waals surface area contributed by atoms with Gasteiger partial charge in [0.05, 0.1) is 29.9 Å². The lowest BCUT2D eigenvalue weighted by atomic mass is 9.93. The summed E-state index contributed by atoms with van der Waals surface area (Å²) in [5, 5.41) is 11.0. The number of ether oxygens (including phenoxy) is 3. The van der Waals surface area contributed by atoms with E-state index in [4.69, 9.17) is 14.2 Å². The quantitative estimate of drug-likeness (QED) is 0.652. The average Bonchev–Trinajstić information content (AvgIpc) is 3.25. The summed E-state index contributed by atoms with van der Waals surface area (Å²) < 4.78 is 16.8. The highest BCUT2D eigenvalue weighted by Gasteiger charge is 2.36. The molecule has 4 aliphatic heterocycles. The van der Waals surface area contributed by atoms with Crippen molar-refractivity contribution in [2.24, 2.45) is 0 Å². The first-order valence-electron chi connectivity index (χ1n) is 12.8. The number of hydrogen-bond donors (Lipinski definition) is 1. The van der Waals surface area contributed by atoms with Gasteiger partial charge in [0.15, 0.2) is 0 Å². The first-order valence-corrected chi connectivity index (χ1v) is 12.8. The number of fused-ring (bicyclic) bond motifs is 3. The predicted octanol–water partition coefficient (Wildman–Crippen LogP) is 2.56. The molecule has 190 valence electrons. The molecule has 8 heteroatoms. The number of rotatable bonds is 4. The lowest BCUT2D eigenvalue weighted by Crippen LogP contribution is -2.58. The molecule has 4 atom stereocenters. The van der Waals surface area contributed by atoms with Crippen molar-refractivity contribution in [3.05, 3.63) is 69.3 Å². The van der Waals surface area contributed by atoms with Gasteiger partial charge in [-0.2, -0.15) is 0 Å². The normalized spacial score (nSPS) is 27.0. The highest BCUT2D eigenvalue weighted by molar-refractivity contribution is 5.94. The Labute approximate surface area is 210 Å². The fourth-order valence-electron chi connectivity index (χ4n) is 6.06. The maximum atomic E-state index is 12.1. The number of carbonyl (C=O) groups is 2. The van der Waals surface area contributed by atoms with Crippen molar-refractivity contribution in [3.8, 4) is 0 Å². The van der Waals surface area contributed by atoms with Crippen LogP contribution in [0.3, 0.4) is 0 Å². The van der Waals surface area contributed by atoms with Gasteiger partial charge in [-0.15, -0.1) is 0 Å². The summed E-state index contributed by atoms with van der Waals surface area (Å²) in [5.41, 5.74) is 6.27. The Bertz CT molecular complexity index is 1210. The van der Waals surface area contributed by atoms with E-state index in [2.05, 4.69) is 16.7 Å². The minimum atomic E-state index is -0.619. The summed E-state index contributed by atoms with van der Waals surface area (Å²) >= 11 is 0. The van der Waals surface area contributed by atoms with Gasteiger partial charge in [0.25, 0.3) is 0 Å². The van der Waals surface area contributed by atoms with Gasteiger partial charge in [-0.3, -0.25) is 9.80 Å². The predicted molar refractivity (Wildman–Crippen MR) is 131 cm³/mol. The highest BCUT2D eigenvalue weighted by Crippen LogP contribution is 2.34. The minimum absolute atomic E-state index is 0.0241. The zero-order valence-electron chi connectivity index (χ0n) is 20.7. The summed E-state index contributed by atoms with van der Waals surface area (Å²) in [6, 6.07) is 9.73. The second-order valence-corrected chi connectivity index (χ2v) is 10.5. The summed E-state index contributed by atoms with van der Waals surface area (Å²) in [5.74, 6) is -0.525. The van der Waals surface area contributed by atoms with Crippen LogP contribution in [0.4, 0.5) is 0 Å². The third-order valence-corrected chi connectivity index (χ3v) is 8.11. The van der Waals surface area contributed by atoms with Crippen molar-refractivity contribution in [1.82, 2.24) is 9.80 Å². The van der Waals surface area contributed by atoms with Crippen molar-refractivity contribution in [2.75, 3.05) is 39.3 Å². The number of morpholine rings is 1. The number of hydrogen-bond acceptors (Lipinski definition) is 8. The number of aliphatic hydroxyl groups is 1. The maximum absolute atomic E-state index is 12.1. The molecule has 6 rings (SSSR count). The van der Waals surface area contributed by atoms with Crippen molar-refractivity contribution in [1.29, 1.82) is 0 Å². The molecule has 36 heavy (non-hydrogen) atoms. The van der Waals surface area contributed by atoms with Crippen LogP contribution in [0.15, 0.2) is 30.3 Å². The molecule has 2 aromatic rings. The Morgan fingerprint density at radius 1 is 1.08 bits per heavy atom. The van der Waals surface area contributed by atoms with Gasteiger partial charge >= 0.3 is 11.9 Å². The number of esters is 2. The minimum Gasteiger partial charge on any atom is -0.459 e. The summed E-state index contributed by atoms with van der Waals surface area (Å²) in [7, 11) is 0. The van der Waals surface area contributed by atoms with Crippen LogP contribution >= 0.6 is 0 Å². The second-order valence-electron chi connectivity index (χ2n) is 10.5. The Kier molecular flexibility index (Phi) is 6.08. The van der Waals surface area contributed by atoms with Crippen LogP contribution in [0.25, 0.3) is 0 Å². The van der Waals surface area contributed by atoms with Crippen molar-refractivity contribution >= 4 is 11.9 Å². The zero-order valence-corrected chi connectivity index (χ0v) is 20.7. The molecule has 2 aromatic carbocycles. The molecule has 2 fully saturated rings. The van der Waals surface area contributed by atoms with Crippen molar-refractivity contribution in [2.45, 2.75) is 51.2 Å². The van der Waals surface area contributed by atoms with E-state index in [0.29, 0.717) is 37.3 Å². The smallest absolute Gasteiger partial charge is 0.338 e. The summed E-state index contributed by atoms with van der Waals surface area (Å²) in [6.07, 6.45) is -0.110. The van der Waals surface area contributed by atoms with E-state index < -0.39 is 6.10 Å². The fraction of sp³-hybridized carbons (Fsp3) is 0.500. The molecule has 0 radical (unpaired) electrons. The van der Waals surface area contributed by atoms with E-state index in [9.17, 15) is 14.7 Å². The first-order chi connectivity index (χ1) is 17.4. The Hall–Kier alpha value is -2.78. The Morgan fingerprint density at radius 2 is 1.92 bits per heavy atom. The van der Waals surface area contributed by atoms with Crippen LogP contribution in [0.2, 0.25) is 0 Å². The molecule has 4 heterocycles. The van der Waals surface area contributed by atoms with Gasteiger partial charge in [-0.05, 0) is 48.2 Å². The number of piperazine rings is 1. The number of cyclic esters (lactones) is 2. The molecule has 0 aromatic heterocycles. The van der Waals surface area contributed by atoms with E-state index in [1.54, 1.807) is 6.07 Å². The van der Waals surface area contributed by atoms with Crippen LogP contribution in [0.5, 0.6) is 0 Å². The second kappa shape index (κ2) is 9.27. The van der Waals surface area contributed by atoms with Gasteiger partial charge in [-0.1, -0.05) is 18.2 Å². The van der Waals surface area contributed by atoms with Crippen molar-refractivity contribution in [3.63, 3.8) is 0 Å². The lowest BCUT2D eigenvalue weighted by Gasteiger charge is -2.46. The van der Waals surface area contributed by atoms with E-state index in [1.165, 1.54) is 0 Å². The van der Waals surface area contributed by atoms with Gasteiger partial charge in [0.2, 0.25) is 0 Å². The number of β-amino-alcohol motifs (C(OH)–C–C–N with tert-alkyl or cyclic N) is 1. The molecule has 0 bridgehead atoms. The Balaban J connectivity index is 1.08. The van der Waals surface area contributed by atoms with Crippen LogP contribution in [-0.2, 0) is 27.2 Å². The van der Waals surface area contributed by atoms with Crippen LogP contribution < -0.4 is 0 Å². The van der Waals surface area contributed by atoms with E-state index >= 15 is 0 Å². The molecule has 0 amide bonds. The summed E-state index contributed by atoms with van der Waals surface area (Å²) in [4.78, 5) is 28.8. The monoisotopic (exact) mass is 492 g/mol. The van der Waals surface area contributed by atoms with Crippen LogP contribution in [0, 0.1) is 6.92 Å². The third kappa shape index (κ3) is 4.22. The molecular formula is C28H32N2O6. The molecule has 0 saturated carbocycles. The van der Waals surface area contributed by atoms with Crippen molar-refractivity contribution < 1.29 is 28.9 Å². The molecule has 0 aliphatic carbocycles. The summed E-state index contributed by atoms with van der Waals surface area (Å²) in [6.45, 7) is 8.90. The lowest BCUT2D eigenvalue weighted by molar-refractivity contribution is -0.0939. The molecule has 1 N–H and O–H groups in total. The molecule has 2 saturated heterocycles. The topological polar surface area (TPSA) is 88.5 Å². The van der Waals surface area contributed by atoms with E-state index in [1.807, 2.05) is 31.2 Å². The SMILES string of the molecule is Cc1c([C@@H]2CN3CCN(CC(O)c4ccc5c(c4)C[C@@H](C)OC5=O)C[C@H]3CO2)ccc2c1COC2=O. The molecule has 0 spiro atoms. The molecular weight excluding hydrogens is 460 g/mol. The number of carbonyl (C=O) groups excluding carboxylic acids is 2. The molecule has 8 nitrogen and oxygen atoms in total. The van der Waals surface area contributed by atoms with E-state index in [0.717, 1.165) is 54.0 Å². The van der Waals surface area contributed by atoms with Crippen LogP contribution in [0.1, 0.15) is 67.7 Å². The van der Waals surface area contributed by atoms with Gasteiger partial charge in [-0.25, -0.2) is 9.59 Å². The fourth-order valence-corrected chi connectivity index (χ4v) is 6.06. The Morgan fingerprint density at radius 3 is 2.78 bits per heavy atom. The van der Waals surface area contributed by atoms with Gasteiger partial charge in [0.1, 0.15) is 12.7 Å². The van der Waals surface area contributed by atoms with E-state index in [-0.39, 0.29) is 30.2 Å². The van der Waals surface area contributed by atoms with Crippen LogP contribution in [-0.4, -0.2) is 78.3 Å². The maximum Gasteiger partial charge on any atom is 0.338 e.